The lowest BCUT2D eigenvalue weighted by atomic mass is 10.2. The number of hydrogen-bond donors (Lipinski definition) is 2. The van der Waals surface area contributed by atoms with Gasteiger partial charge in [0.05, 0.1) is 5.92 Å². The summed E-state index contributed by atoms with van der Waals surface area (Å²) < 4.78 is 0. The smallest absolute Gasteiger partial charge is 0.310 e. The Balaban J connectivity index is 2.20. The molecule has 1 rings (SSSR count). The highest BCUT2D eigenvalue weighted by atomic mass is 16.4. The molecule has 0 saturated heterocycles. The Bertz CT molecular complexity index is 346. The van der Waals surface area contributed by atoms with Crippen LogP contribution >= 0.6 is 0 Å². The van der Waals surface area contributed by atoms with E-state index in [0.29, 0.717) is 6.54 Å². The molecule has 0 amide bonds. The molecule has 1 atom stereocenters. The van der Waals surface area contributed by atoms with Gasteiger partial charge in [-0.15, -0.1) is 0 Å². The van der Waals surface area contributed by atoms with E-state index in [9.17, 15) is 4.79 Å². The highest BCUT2D eigenvalue weighted by Gasteiger charge is 2.04. The highest BCUT2D eigenvalue weighted by molar-refractivity contribution is 5.71. The van der Waals surface area contributed by atoms with Crippen LogP contribution in [0.3, 0.4) is 0 Å². The fourth-order valence-electron chi connectivity index (χ4n) is 1.25. The highest BCUT2D eigenvalue weighted by Crippen LogP contribution is 1.98. The van der Waals surface area contributed by atoms with Crippen molar-refractivity contribution < 1.29 is 9.90 Å². The van der Waals surface area contributed by atoms with Gasteiger partial charge in [-0.1, -0.05) is 42.5 Å². The Hall–Kier alpha value is -1.61. The Morgan fingerprint density at radius 1 is 1.44 bits per heavy atom. The van der Waals surface area contributed by atoms with Gasteiger partial charge in [-0.2, -0.15) is 0 Å². The van der Waals surface area contributed by atoms with Crippen LogP contribution in [0.15, 0.2) is 42.5 Å². The molecule has 0 saturated carbocycles. The van der Waals surface area contributed by atoms with Crippen LogP contribution < -0.4 is 5.32 Å². The second-order valence-corrected chi connectivity index (χ2v) is 3.67. The van der Waals surface area contributed by atoms with E-state index in [-0.39, 0.29) is 0 Å². The molecule has 0 aliphatic rings. The number of carboxylic acids is 1. The summed E-state index contributed by atoms with van der Waals surface area (Å²) in [7, 11) is 0. The molecule has 0 aliphatic carbocycles. The average molecular weight is 219 g/mol. The van der Waals surface area contributed by atoms with E-state index in [1.165, 1.54) is 5.56 Å². The second-order valence-electron chi connectivity index (χ2n) is 3.67. The SMILES string of the molecule is CC(/C=C/CNCc1ccccc1)C(=O)O. The zero-order chi connectivity index (χ0) is 11.8. The van der Waals surface area contributed by atoms with Gasteiger partial charge < -0.3 is 10.4 Å². The molecule has 0 spiro atoms. The van der Waals surface area contributed by atoms with Gasteiger partial charge in [-0.25, -0.2) is 0 Å². The largest absolute Gasteiger partial charge is 0.481 e. The molecule has 0 heterocycles. The molecule has 0 aromatic heterocycles. The van der Waals surface area contributed by atoms with Crippen LogP contribution in [0.5, 0.6) is 0 Å². The van der Waals surface area contributed by atoms with Crippen LogP contribution in [0, 0.1) is 5.92 Å². The average Bonchev–Trinajstić information content (AvgIpc) is 2.29. The second kappa shape index (κ2) is 6.80. The van der Waals surface area contributed by atoms with E-state index in [4.69, 9.17) is 5.11 Å². The maximum Gasteiger partial charge on any atom is 0.310 e. The number of nitrogens with one attached hydrogen (secondary N) is 1. The van der Waals surface area contributed by atoms with Crippen molar-refractivity contribution in [3.63, 3.8) is 0 Å². The first-order valence-corrected chi connectivity index (χ1v) is 5.34. The first-order valence-electron chi connectivity index (χ1n) is 5.34. The monoisotopic (exact) mass is 219 g/mol. The summed E-state index contributed by atoms with van der Waals surface area (Å²) in [5, 5.41) is 11.9. The lowest BCUT2D eigenvalue weighted by molar-refractivity contribution is -0.139. The molecule has 16 heavy (non-hydrogen) atoms. The van der Waals surface area contributed by atoms with Crippen molar-refractivity contribution in [2.24, 2.45) is 5.92 Å². The maximum absolute atomic E-state index is 10.5. The molecule has 0 radical (unpaired) electrons. The maximum atomic E-state index is 10.5. The predicted octanol–water partition coefficient (Wildman–Crippen LogP) is 2.05. The van der Waals surface area contributed by atoms with Crippen molar-refractivity contribution in [2.45, 2.75) is 13.5 Å². The predicted molar refractivity (Wildman–Crippen MR) is 64.1 cm³/mol. The van der Waals surface area contributed by atoms with E-state index in [0.717, 1.165) is 6.54 Å². The summed E-state index contributed by atoms with van der Waals surface area (Å²) >= 11 is 0. The number of aliphatic carboxylic acids is 1. The van der Waals surface area contributed by atoms with E-state index in [1.807, 2.05) is 24.3 Å². The molecule has 86 valence electrons. The minimum absolute atomic E-state index is 0.418. The minimum Gasteiger partial charge on any atom is -0.481 e. The first kappa shape index (κ1) is 12.5. The third kappa shape index (κ3) is 4.75. The van der Waals surface area contributed by atoms with Crippen molar-refractivity contribution in [2.75, 3.05) is 6.54 Å². The fourth-order valence-corrected chi connectivity index (χ4v) is 1.25. The van der Waals surface area contributed by atoms with Crippen LogP contribution in [-0.4, -0.2) is 17.6 Å². The van der Waals surface area contributed by atoms with Crippen molar-refractivity contribution in [3.05, 3.63) is 48.0 Å². The molecular formula is C13H17NO2. The van der Waals surface area contributed by atoms with Crippen LogP contribution in [0.4, 0.5) is 0 Å². The van der Waals surface area contributed by atoms with Gasteiger partial charge in [0, 0.05) is 13.1 Å². The Morgan fingerprint density at radius 2 is 2.12 bits per heavy atom. The van der Waals surface area contributed by atoms with Gasteiger partial charge >= 0.3 is 5.97 Å². The summed E-state index contributed by atoms with van der Waals surface area (Å²) in [6, 6.07) is 10.1. The lowest BCUT2D eigenvalue weighted by Gasteiger charge is -2.02. The fraction of sp³-hybridized carbons (Fsp3) is 0.308. The minimum atomic E-state index is -0.792. The van der Waals surface area contributed by atoms with Crippen molar-refractivity contribution in [3.8, 4) is 0 Å². The van der Waals surface area contributed by atoms with E-state index in [2.05, 4.69) is 17.4 Å². The topological polar surface area (TPSA) is 49.3 Å². The summed E-state index contributed by atoms with van der Waals surface area (Å²) in [4.78, 5) is 10.5. The third-order valence-electron chi connectivity index (χ3n) is 2.25. The molecule has 0 fully saturated rings. The standard InChI is InChI=1S/C13H17NO2/c1-11(13(15)16)6-5-9-14-10-12-7-3-2-4-8-12/h2-8,11,14H,9-10H2,1H3,(H,15,16)/b6-5+. The number of hydrogen-bond acceptors (Lipinski definition) is 2. The summed E-state index contributed by atoms with van der Waals surface area (Å²) in [6.07, 6.45) is 3.54. The van der Waals surface area contributed by atoms with Gasteiger partial charge in [-0.3, -0.25) is 4.79 Å². The number of benzene rings is 1. The molecule has 1 aromatic carbocycles. The van der Waals surface area contributed by atoms with Gasteiger partial charge in [0.25, 0.3) is 0 Å². The van der Waals surface area contributed by atoms with Gasteiger partial charge in [0.1, 0.15) is 0 Å². The Kier molecular flexibility index (Phi) is 5.29. The van der Waals surface area contributed by atoms with Crippen molar-refractivity contribution in [1.82, 2.24) is 5.32 Å². The van der Waals surface area contributed by atoms with Crippen molar-refractivity contribution >= 4 is 5.97 Å². The van der Waals surface area contributed by atoms with Crippen LogP contribution in [0.1, 0.15) is 12.5 Å². The molecular weight excluding hydrogens is 202 g/mol. The molecule has 1 aromatic rings. The van der Waals surface area contributed by atoms with E-state index < -0.39 is 11.9 Å². The molecule has 3 nitrogen and oxygen atoms in total. The van der Waals surface area contributed by atoms with Crippen LogP contribution in [-0.2, 0) is 11.3 Å². The number of carbonyl (C=O) groups is 1. The zero-order valence-electron chi connectivity index (χ0n) is 9.39. The zero-order valence-corrected chi connectivity index (χ0v) is 9.39. The normalized spacial score (nSPS) is 12.8. The first-order chi connectivity index (χ1) is 7.70. The summed E-state index contributed by atoms with van der Waals surface area (Å²) in [5.74, 6) is -1.21. The quantitative estimate of drug-likeness (QED) is 0.568. The van der Waals surface area contributed by atoms with E-state index >= 15 is 0 Å². The van der Waals surface area contributed by atoms with Crippen molar-refractivity contribution in [1.29, 1.82) is 0 Å². The third-order valence-corrected chi connectivity index (χ3v) is 2.25. The number of carboxylic acid groups (broad SMARTS) is 1. The Morgan fingerprint density at radius 3 is 2.75 bits per heavy atom. The molecule has 2 N–H and O–H groups in total. The summed E-state index contributed by atoms with van der Waals surface area (Å²) in [5.41, 5.74) is 1.22. The molecule has 0 bridgehead atoms. The molecule has 1 unspecified atom stereocenters. The molecule has 3 heteroatoms. The van der Waals surface area contributed by atoms with Gasteiger partial charge in [-0.05, 0) is 12.5 Å². The van der Waals surface area contributed by atoms with E-state index in [1.54, 1.807) is 13.0 Å². The van der Waals surface area contributed by atoms with Crippen LogP contribution in [0.2, 0.25) is 0 Å². The number of rotatable bonds is 6. The van der Waals surface area contributed by atoms with Crippen LogP contribution in [0.25, 0.3) is 0 Å². The molecule has 0 aliphatic heterocycles. The van der Waals surface area contributed by atoms with Gasteiger partial charge in [0.2, 0.25) is 0 Å². The lowest BCUT2D eigenvalue weighted by Crippen LogP contribution is -2.13. The Labute approximate surface area is 95.8 Å². The summed E-state index contributed by atoms with van der Waals surface area (Å²) in [6.45, 7) is 3.15. The van der Waals surface area contributed by atoms with Gasteiger partial charge in [0.15, 0.2) is 0 Å².